The van der Waals surface area contributed by atoms with E-state index >= 15 is 0 Å². The molecule has 8 nitrogen and oxygen atoms in total. The molecule has 0 bridgehead atoms. The second kappa shape index (κ2) is 9.84. The fraction of sp³-hybridized carbons (Fsp3) is 0.464. The molecule has 0 radical (unpaired) electrons. The Morgan fingerprint density at radius 1 is 1.08 bits per heavy atom. The van der Waals surface area contributed by atoms with Crippen LogP contribution in [-0.4, -0.2) is 41.4 Å². The zero-order valence-electron chi connectivity index (χ0n) is 21.0. The number of carbonyl (C=O) groups is 2. The summed E-state index contributed by atoms with van der Waals surface area (Å²) in [5, 5.41) is 3.19. The second-order valence-corrected chi connectivity index (χ2v) is 9.80. The van der Waals surface area contributed by atoms with Gasteiger partial charge in [0.05, 0.1) is 37.3 Å². The molecule has 0 aromatic heterocycles. The smallest absolute Gasteiger partial charge is 0.251 e. The molecule has 2 aromatic carbocycles. The predicted molar refractivity (Wildman–Crippen MR) is 137 cm³/mol. The zero-order chi connectivity index (χ0) is 25.3. The lowest BCUT2D eigenvalue weighted by atomic mass is 9.87. The van der Waals surface area contributed by atoms with Gasteiger partial charge < -0.3 is 20.5 Å². The Kier molecular flexibility index (Phi) is 6.60. The van der Waals surface area contributed by atoms with Crippen LogP contribution in [0.1, 0.15) is 85.9 Å². The first-order chi connectivity index (χ1) is 17.4. The molecule has 2 amide bonds. The minimum absolute atomic E-state index is 0.0334. The van der Waals surface area contributed by atoms with Gasteiger partial charge in [-0.2, -0.15) is 0 Å². The van der Waals surface area contributed by atoms with E-state index in [0.29, 0.717) is 37.4 Å². The molecule has 3 aliphatic rings. The highest BCUT2D eigenvalue weighted by atomic mass is 16.5. The number of fused-ring (bicyclic) bond motifs is 2. The number of nitrogens with zero attached hydrogens (tertiary/aromatic N) is 2. The molecule has 190 valence electrons. The first-order valence-corrected chi connectivity index (χ1v) is 12.9. The summed E-state index contributed by atoms with van der Waals surface area (Å²) in [6.45, 7) is 5.17. The van der Waals surface area contributed by atoms with E-state index in [2.05, 4.69) is 5.32 Å². The Morgan fingerprint density at radius 2 is 1.83 bits per heavy atom. The number of guanidine groups is 1. The number of hydrogen-bond donors (Lipinski definition) is 2. The van der Waals surface area contributed by atoms with Gasteiger partial charge in [-0.05, 0) is 49.9 Å². The van der Waals surface area contributed by atoms with Crippen LogP contribution < -0.4 is 20.5 Å². The monoisotopic (exact) mass is 490 g/mol. The normalized spacial score (nSPS) is 22.8. The van der Waals surface area contributed by atoms with Crippen molar-refractivity contribution in [1.82, 2.24) is 10.2 Å². The first kappa shape index (κ1) is 24.2. The first-order valence-electron chi connectivity index (χ1n) is 12.9. The van der Waals surface area contributed by atoms with Gasteiger partial charge in [0, 0.05) is 23.1 Å². The molecule has 2 atom stereocenters. The number of aliphatic imine (C=N–C) groups is 1. The number of benzene rings is 2. The van der Waals surface area contributed by atoms with Gasteiger partial charge in [-0.25, -0.2) is 4.99 Å². The molecule has 3 aliphatic heterocycles. The lowest BCUT2D eigenvalue weighted by molar-refractivity contribution is -0.132. The van der Waals surface area contributed by atoms with E-state index in [-0.39, 0.29) is 29.9 Å². The van der Waals surface area contributed by atoms with Gasteiger partial charge >= 0.3 is 0 Å². The third kappa shape index (κ3) is 4.40. The van der Waals surface area contributed by atoms with Crippen molar-refractivity contribution in [3.05, 3.63) is 59.2 Å². The van der Waals surface area contributed by atoms with E-state index in [4.69, 9.17) is 20.2 Å². The summed E-state index contributed by atoms with van der Waals surface area (Å²) in [6, 6.07) is 12.8. The maximum atomic E-state index is 13.4. The summed E-state index contributed by atoms with van der Waals surface area (Å²) < 4.78 is 11.7. The molecule has 3 heterocycles. The molecule has 0 saturated carbocycles. The molecular formula is C28H34N4O4. The lowest BCUT2D eigenvalue weighted by Gasteiger charge is -2.41. The molecule has 2 aromatic rings. The topological polar surface area (TPSA) is 106 Å². The van der Waals surface area contributed by atoms with Crippen molar-refractivity contribution < 1.29 is 19.1 Å². The van der Waals surface area contributed by atoms with Gasteiger partial charge in [-0.1, -0.05) is 32.0 Å². The Hall–Kier alpha value is -3.55. The summed E-state index contributed by atoms with van der Waals surface area (Å²) in [5.74, 6) is 1.52. The molecule has 36 heavy (non-hydrogen) atoms. The molecule has 0 aliphatic carbocycles. The molecule has 3 N–H and O–H groups in total. The number of ether oxygens (including phenoxy) is 2. The number of hydrogen-bond acceptors (Lipinski definition) is 6. The van der Waals surface area contributed by atoms with Crippen LogP contribution in [-0.2, 0) is 4.79 Å². The van der Waals surface area contributed by atoms with Crippen LogP contribution in [0.3, 0.4) is 0 Å². The highest BCUT2D eigenvalue weighted by Gasteiger charge is 2.41. The molecule has 5 rings (SSSR count). The Labute approximate surface area is 211 Å². The van der Waals surface area contributed by atoms with Crippen molar-refractivity contribution in [2.24, 2.45) is 10.7 Å². The average molecular weight is 491 g/mol. The van der Waals surface area contributed by atoms with Gasteiger partial charge in [0.2, 0.25) is 5.91 Å². The zero-order valence-corrected chi connectivity index (χ0v) is 21.0. The quantitative estimate of drug-likeness (QED) is 0.651. The molecule has 0 unspecified atom stereocenters. The average Bonchev–Trinajstić information content (AvgIpc) is 3.10. The van der Waals surface area contributed by atoms with E-state index < -0.39 is 5.54 Å². The molecule has 0 saturated heterocycles. The summed E-state index contributed by atoms with van der Waals surface area (Å²) >= 11 is 0. The van der Waals surface area contributed by atoms with Gasteiger partial charge in [0.1, 0.15) is 11.5 Å². The Bertz CT molecular complexity index is 1190. The molecule has 0 spiro atoms. The van der Waals surface area contributed by atoms with E-state index in [0.717, 1.165) is 42.6 Å². The van der Waals surface area contributed by atoms with Crippen LogP contribution in [0.25, 0.3) is 0 Å². The minimum Gasteiger partial charge on any atom is -0.493 e. The van der Waals surface area contributed by atoms with Crippen LogP contribution in [0.4, 0.5) is 0 Å². The fourth-order valence-corrected chi connectivity index (χ4v) is 5.52. The summed E-state index contributed by atoms with van der Waals surface area (Å²) in [4.78, 5) is 33.1. The highest BCUT2D eigenvalue weighted by Crippen LogP contribution is 2.40. The van der Waals surface area contributed by atoms with E-state index in [1.165, 1.54) is 0 Å². The van der Waals surface area contributed by atoms with Crippen LogP contribution in [0.2, 0.25) is 0 Å². The maximum absolute atomic E-state index is 13.4. The summed E-state index contributed by atoms with van der Waals surface area (Å²) in [6.07, 6.45) is 4.08. The van der Waals surface area contributed by atoms with Gasteiger partial charge in [-0.15, -0.1) is 0 Å². The van der Waals surface area contributed by atoms with Crippen molar-refractivity contribution in [3.8, 4) is 11.5 Å². The van der Waals surface area contributed by atoms with Crippen molar-refractivity contribution in [1.29, 1.82) is 0 Å². The van der Waals surface area contributed by atoms with Gasteiger partial charge in [0.15, 0.2) is 5.96 Å². The van der Waals surface area contributed by atoms with Crippen LogP contribution in [0.5, 0.6) is 11.5 Å². The van der Waals surface area contributed by atoms with Crippen molar-refractivity contribution >= 4 is 17.8 Å². The summed E-state index contributed by atoms with van der Waals surface area (Å²) in [5.41, 5.74) is 8.24. The molecular weight excluding hydrogens is 456 g/mol. The Balaban J connectivity index is 1.42. The van der Waals surface area contributed by atoms with Gasteiger partial charge in [-0.3, -0.25) is 14.5 Å². The largest absolute Gasteiger partial charge is 0.493 e. The Morgan fingerprint density at radius 3 is 2.61 bits per heavy atom. The fourth-order valence-electron chi connectivity index (χ4n) is 5.52. The van der Waals surface area contributed by atoms with Crippen molar-refractivity contribution in [3.63, 3.8) is 0 Å². The second-order valence-electron chi connectivity index (χ2n) is 9.80. The van der Waals surface area contributed by atoms with Gasteiger partial charge in [0.25, 0.3) is 5.91 Å². The van der Waals surface area contributed by atoms with Crippen LogP contribution in [0.15, 0.2) is 47.5 Å². The third-order valence-corrected chi connectivity index (χ3v) is 7.75. The van der Waals surface area contributed by atoms with E-state index in [1.54, 1.807) is 11.0 Å². The third-order valence-electron chi connectivity index (χ3n) is 7.75. The maximum Gasteiger partial charge on any atom is 0.251 e. The van der Waals surface area contributed by atoms with Crippen molar-refractivity contribution in [2.75, 3.05) is 13.2 Å². The number of nitrogens with one attached hydrogen (secondary N) is 1. The van der Waals surface area contributed by atoms with E-state index in [9.17, 15) is 9.59 Å². The predicted octanol–water partition coefficient (Wildman–Crippen LogP) is 4.26. The number of nitrogens with two attached hydrogens (primary N) is 1. The lowest BCUT2D eigenvalue weighted by Crippen LogP contribution is -2.53. The van der Waals surface area contributed by atoms with Crippen molar-refractivity contribution in [2.45, 2.75) is 70.0 Å². The van der Waals surface area contributed by atoms with Crippen LogP contribution >= 0.6 is 0 Å². The number of rotatable bonds is 5. The molecule has 8 heteroatoms. The number of para-hydroxylation sites is 1. The number of amides is 2. The van der Waals surface area contributed by atoms with E-state index in [1.807, 2.05) is 50.2 Å². The minimum atomic E-state index is -0.438. The molecule has 0 fully saturated rings. The standard InChI is InChI=1S/C28H34N4O4/c1-3-28(4-2)17-25(33)32(27(29)31-28)22-13-15-36-24-12-11-18(16-20(22)24)26(34)30-21-9-7-14-35-23-10-6-5-8-19(21)23/h5-6,8,10-12,16,21-22H,3-4,7,9,13-15,17H2,1-2H3,(H2,29,31)(H,30,34)/t21-,22+/m0/s1. The summed E-state index contributed by atoms with van der Waals surface area (Å²) in [7, 11) is 0. The van der Waals surface area contributed by atoms with Crippen LogP contribution in [0, 0.1) is 0 Å². The highest BCUT2D eigenvalue weighted by molar-refractivity contribution is 6.00. The SMILES string of the molecule is CCC1(CC)CC(=O)N([C@@H]2CCOc3ccc(C(=O)N[C@H]4CCCOc5ccccc54)cc32)C(N)=N1. The number of carbonyl (C=O) groups excluding carboxylic acids is 2.